The van der Waals surface area contributed by atoms with E-state index >= 15 is 0 Å². The first kappa shape index (κ1) is 14.2. The van der Waals surface area contributed by atoms with Crippen LogP contribution in [0.2, 0.25) is 0 Å². The molecule has 20 heavy (non-hydrogen) atoms. The third kappa shape index (κ3) is 2.57. The molecule has 0 fully saturated rings. The molecule has 0 atom stereocenters. The van der Waals surface area contributed by atoms with Crippen molar-refractivity contribution in [1.82, 2.24) is 0 Å². The summed E-state index contributed by atoms with van der Waals surface area (Å²) in [5, 5.41) is 0. The van der Waals surface area contributed by atoms with Crippen LogP contribution < -0.4 is 4.90 Å². The zero-order chi connectivity index (χ0) is 14.7. The maximum atomic E-state index is 12.0. The van der Waals surface area contributed by atoms with Crippen molar-refractivity contribution < 1.29 is 19.1 Å². The van der Waals surface area contributed by atoms with Crippen LogP contribution in [-0.2, 0) is 20.7 Å². The molecule has 5 nitrogen and oxygen atoms in total. The summed E-state index contributed by atoms with van der Waals surface area (Å²) in [4.78, 5) is 36.6. The van der Waals surface area contributed by atoms with Crippen LogP contribution in [0.3, 0.4) is 0 Å². The Labute approximate surface area is 117 Å². The molecule has 1 aliphatic heterocycles. The number of rotatable bonds is 5. The van der Waals surface area contributed by atoms with E-state index in [1.54, 1.807) is 19.1 Å². The van der Waals surface area contributed by atoms with Crippen molar-refractivity contribution in [3.05, 3.63) is 29.3 Å². The highest BCUT2D eigenvalue weighted by Crippen LogP contribution is 2.30. The Bertz CT molecular complexity index is 565. The van der Waals surface area contributed by atoms with E-state index in [9.17, 15) is 14.4 Å². The molecule has 1 amide bonds. The molecular weight excluding hydrogens is 258 g/mol. The number of fused-ring (bicyclic) bond motifs is 1. The van der Waals surface area contributed by atoms with E-state index in [1.807, 2.05) is 13.0 Å². The highest BCUT2D eigenvalue weighted by atomic mass is 16.5. The van der Waals surface area contributed by atoms with Crippen molar-refractivity contribution >= 4 is 23.3 Å². The van der Waals surface area contributed by atoms with Gasteiger partial charge in [0.25, 0.3) is 11.7 Å². The van der Waals surface area contributed by atoms with E-state index < -0.39 is 11.7 Å². The van der Waals surface area contributed by atoms with Gasteiger partial charge in [-0.3, -0.25) is 14.4 Å². The molecule has 1 heterocycles. The van der Waals surface area contributed by atoms with Gasteiger partial charge in [-0.25, -0.2) is 0 Å². The number of hydrogen-bond acceptors (Lipinski definition) is 4. The standard InChI is InChI=1S/C15H17NO4/c1-3-10-5-6-12-11(9-10)14(18)15(19)16(12)8-7-13(17)20-4-2/h5-6,9H,3-4,7-8H2,1-2H3. The van der Waals surface area contributed by atoms with Crippen molar-refractivity contribution in [2.75, 3.05) is 18.1 Å². The number of hydrogen-bond donors (Lipinski definition) is 0. The topological polar surface area (TPSA) is 63.7 Å². The number of aryl methyl sites for hydroxylation is 1. The van der Waals surface area contributed by atoms with Gasteiger partial charge < -0.3 is 9.64 Å². The number of ether oxygens (including phenoxy) is 1. The van der Waals surface area contributed by atoms with Crippen LogP contribution in [0.25, 0.3) is 0 Å². The van der Waals surface area contributed by atoms with Crippen molar-refractivity contribution in [3.63, 3.8) is 0 Å². The largest absolute Gasteiger partial charge is 0.466 e. The second-order valence-electron chi connectivity index (χ2n) is 4.55. The first-order valence-electron chi connectivity index (χ1n) is 6.73. The molecule has 0 saturated heterocycles. The lowest BCUT2D eigenvalue weighted by Crippen LogP contribution is -2.32. The molecule has 1 aromatic carbocycles. The molecule has 1 aromatic rings. The minimum Gasteiger partial charge on any atom is -0.466 e. The van der Waals surface area contributed by atoms with Crippen molar-refractivity contribution in [2.45, 2.75) is 26.7 Å². The third-order valence-corrected chi connectivity index (χ3v) is 3.29. The molecule has 0 spiro atoms. The van der Waals surface area contributed by atoms with Gasteiger partial charge in [-0.1, -0.05) is 13.0 Å². The first-order valence-corrected chi connectivity index (χ1v) is 6.73. The molecule has 2 rings (SSSR count). The van der Waals surface area contributed by atoms with Crippen LogP contribution in [-0.4, -0.2) is 30.8 Å². The van der Waals surface area contributed by atoms with Crippen LogP contribution in [0.5, 0.6) is 0 Å². The average molecular weight is 275 g/mol. The zero-order valence-corrected chi connectivity index (χ0v) is 11.6. The Morgan fingerprint density at radius 1 is 1.25 bits per heavy atom. The Balaban J connectivity index is 2.18. The number of Topliss-reactive ketones (excluding diaryl/α,β-unsaturated/α-hetero) is 1. The molecule has 1 aliphatic rings. The molecule has 0 bridgehead atoms. The van der Waals surface area contributed by atoms with Crippen LogP contribution in [0, 0.1) is 0 Å². The third-order valence-electron chi connectivity index (χ3n) is 3.29. The summed E-state index contributed by atoms with van der Waals surface area (Å²) in [5.41, 5.74) is 2.02. The Hall–Kier alpha value is -2.17. The second kappa shape index (κ2) is 5.86. The number of esters is 1. The van der Waals surface area contributed by atoms with Gasteiger partial charge in [-0.15, -0.1) is 0 Å². The van der Waals surface area contributed by atoms with Gasteiger partial charge >= 0.3 is 5.97 Å². The highest BCUT2D eigenvalue weighted by molar-refractivity contribution is 6.52. The number of anilines is 1. The number of benzene rings is 1. The fraction of sp³-hybridized carbons (Fsp3) is 0.400. The van der Waals surface area contributed by atoms with E-state index in [0.29, 0.717) is 17.9 Å². The van der Waals surface area contributed by atoms with Gasteiger partial charge in [-0.05, 0) is 31.0 Å². The molecule has 5 heteroatoms. The van der Waals surface area contributed by atoms with E-state index in [1.165, 1.54) is 4.90 Å². The summed E-state index contributed by atoms with van der Waals surface area (Å²) in [6, 6.07) is 5.41. The van der Waals surface area contributed by atoms with Crippen LogP contribution >= 0.6 is 0 Å². The van der Waals surface area contributed by atoms with E-state index in [2.05, 4.69) is 0 Å². The minimum atomic E-state index is -0.572. The van der Waals surface area contributed by atoms with E-state index in [4.69, 9.17) is 4.74 Å². The Morgan fingerprint density at radius 2 is 2.00 bits per heavy atom. The Morgan fingerprint density at radius 3 is 2.65 bits per heavy atom. The molecule has 0 saturated carbocycles. The molecule has 0 unspecified atom stereocenters. The second-order valence-corrected chi connectivity index (χ2v) is 4.55. The maximum Gasteiger partial charge on any atom is 0.307 e. The molecular formula is C15H17NO4. The predicted octanol–water partition coefficient (Wildman–Crippen LogP) is 1.73. The number of amides is 1. The average Bonchev–Trinajstić information content (AvgIpc) is 2.69. The van der Waals surface area contributed by atoms with Crippen molar-refractivity contribution in [2.24, 2.45) is 0 Å². The van der Waals surface area contributed by atoms with Gasteiger partial charge in [0.15, 0.2) is 0 Å². The van der Waals surface area contributed by atoms with E-state index in [-0.39, 0.29) is 18.9 Å². The summed E-state index contributed by atoms with van der Waals surface area (Å²) >= 11 is 0. The lowest BCUT2D eigenvalue weighted by molar-refractivity contribution is -0.142. The smallest absolute Gasteiger partial charge is 0.307 e. The van der Waals surface area contributed by atoms with Gasteiger partial charge in [-0.2, -0.15) is 0 Å². The van der Waals surface area contributed by atoms with Crippen LogP contribution in [0.1, 0.15) is 36.2 Å². The van der Waals surface area contributed by atoms with Crippen LogP contribution in [0.4, 0.5) is 5.69 Å². The van der Waals surface area contributed by atoms with Crippen molar-refractivity contribution in [1.29, 1.82) is 0 Å². The number of carbonyl (C=O) groups excluding carboxylic acids is 3. The molecule has 0 N–H and O–H groups in total. The molecule has 0 radical (unpaired) electrons. The van der Waals surface area contributed by atoms with Gasteiger partial charge in [0.2, 0.25) is 0 Å². The number of nitrogens with zero attached hydrogens (tertiary/aromatic N) is 1. The van der Waals surface area contributed by atoms with E-state index in [0.717, 1.165) is 12.0 Å². The summed E-state index contributed by atoms with van der Waals surface area (Å²) in [6.07, 6.45) is 0.888. The lowest BCUT2D eigenvalue weighted by atomic mass is 10.1. The van der Waals surface area contributed by atoms with Crippen molar-refractivity contribution in [3.8, 4) is 0 Å². The highest BCUT2D eigenvalue weighted by Gasteiger charge is 2.35. The molecule has 0 aromatic heterocycles. The maximum absolute atomic E-state index is 12.0. The summed E-state index contributed by atoms with van der Waals surface area (Å²) < 4.78 is 4.83. The Kier molecular flexibility index (Phi) is 4.17. The minimum absolute atomic E-state index is 0.0851. The first-order chi connectivity index (χ1) is 9.58. The van der Waals surface area contributed by atoms with Gasteiger partial charge in [0.05, 0.1) is 24.3 Å². The zero-order valence-electron chi connectivity index (χ0n) is 11.6. The van der Waals surface area contributed by atoms with Crippen LogP contribution in [0.15, 0.2) is 18.2 Å². The number of carbonyl (C=O) groups is 3. The lowest BCUT2D eigenvalue weighted by Gasteiger charge is -2.16. The summed E-state index contributed by atoms with van der Waals surface area (Å²) in [6.45, 7) is 4.19. The quantitative estimate of drug-likeness (QED) is 0.606. The molecule has 0 aliphatic carbocycles. The molecule has 106 valence electrons. The fourth-order valence-corrected chi connectivity index (χ4v) is 2.23. The predicted molar refractivity (Wildman–Crippen MR) is 73.8 cm³/mol. The number of ketones is 1. The SMILES string of the molecule is CCOC(=O)CCN1C(=O)C(=O)c2cc(CC)ccc21. The monoisotopic (exact) mass is 275 g/mol. The van der Waals surface area contributed by atoms with Gasteiger partial charge in [0, 0.05) is 6.54 Å². The normalized spacial score (nSPS) is 13.6. The fourth-order valence-electron chi connectivity index (χ4n) is 2.23. The van der Waals surface area contributed by atoms with Gasteiger partial charge in [0.1, 0.15) is 0 Å². The summed E-state index contributed by atoms with van der Waals surface area (Å²) in [5.74, 6) is -1.44. The summed E-state index contributed by atoms with van der Waals surface area (Å²) in [7, 11) is 0.